The average molecular weight is 598 g/mol. The zero-order valence-electron chi connectivity index (χ0n) is 15.3. The van der Waals surface area contributed by atoms with Crippen molar-refractivity contribution in [1.82, 2.24) is 0 Å². The lowest BCUT2D eigenvalue weighted by Gasteiger charge is -2.22. The number of phosphoric acid groups is 5. The van der Waals surface area contributed by atoms with Crippen LogP contribution in [0, 0.1) is 0 Å². The SMILES string of the molecule is O=CC(O)C(O)C(O)C(O)CO.O=P(O)(O)OP(=O)(O)OP(=O)(O)OP(=O)(O)OP(=O)(O)O. The van der Waals surface area contributed by atoms with Crippen molar-refractivity contribution in [2.45, 2.75) is 24.4 Å². The molecular formula is C6H19O22P5. The van der Waals surface area contributed by atoms with Gasteiger partial charge in [-0.25, -0.2) is 22.8 Å². The van der Waals surface area contributed by atoms with Crippen LogP contribution in [-0.4, -0.2) is 97.1 Å². The quantitative estimate of drug-likeness (QED) is 0.0713. The zero-order chi connectivity index (χ0) is 27.1. The minimum absolute atomic E-state index is 0.0258. The van der Waals surface area contributed by atoms with Crippen molar-refractivity contribution in [1.29, 1.82) is 0 Å². The number of aliphatic hydroxyl groups is 5. The molecule has 0 aliphatic rings. The van der Waals surface area contributed by atoms with Gasteiger partial charge in [0.2, 0.25) is 0 Å². The third kappa shape index (κ3) is 18.2. The molecule has 0 aromatic carbocycles. The first-order chi connectivity index (χ1) is 14.4. The molecule has 0 rings (SSSR count). The normalized spacial score (nSPS) is 21.7. The summed E-state index contributed by atoms with van der Waals surface area (Å²) in [6, 6.07) is 0. The Kier molecular flexibility index (Phi) is 14.4. The third-order valence-electron chi connectivity index (χ3n) is 2.25. The lowest BCUT2D eigenvalue weighted by atomic mass is 10.0. The molecule has 0 radical (unpaired) electrons. The van der Waals surface area contributed by atoms with Gasteiger partial charge >= 0.3 is 39.1 Å². The zero-order valence-corrected chi connectivity index (χ0v) is 19.8. The van der Waals surface area contributed by atoms with Crippen LogP contribution in [0.3, 0.4) is 0 Å². The van der Waals surface area contributed by atoms with Gasteiger partial charge in [-0.05, 0) is 0 Å². The second-order valence-corrected chi connectivity index (χ2v) is 12.5. The van der Waals surface area contributed by atoms with Crippen LogP contribution in [0.15, 0.2) is 0 Å². The van der Waals surface area contributed by atoms with Gasteiger partial charge in [-0.15, -0.1) is 0 Å². The molecule has 0 aromatic rings. The van der Waals surface area contributed by atoms with Crippen LogP contribution in [0.1, 0.15) is 0 Å². The van der Waals surface area contributed by atoms with Crippen LogP contribution in [0.2, 0.25) is 0 Å². The van der Waals surface area contributed by atoms with Gasteiger partial charge in [-0.3, -0.25) is 0 Å². The maximum Gasteiger partial charge on any atom is 0.490 e. The summed E-state index contributed by atoms with van der Waals surface area (Å²) >= 11 is 0. The summed E-state index contributed by atoms with van der Waals surface area (Å²) in [5.74, 6) is 0. The van der Waals surface area contributed by atoms with Gasteiger partial charge in [0.05, 0.1) is 6.61 Å². The van der Waals surface area contributed by atoms with Crippen LogP contribution in [0.25, 0.3) is 0 Å². The minimum atomic E-state index is -6.07. The van der Waals surface area contributed by atoms with E-state index in [1.54, 1.807) is 0 Å². The average Bonchev–Trinajstić information content (AvgIpc) is 2.52. The number of hydrogen-bond acceptors (Lipinski definition) is 15. The fourth-order valence-electron chi connectivity index (χ4n) is 1.19. The lowest BCUT2D eigenvalue weighted by Crippen LogP contribution is -2.46. The van der Waals surface area contributed by atoms with E-state index in [1.807, 2.05) is 0 Å². The topological polar surface area (TPSA) is 382 Å². The number of carbonyl (C=O) groups excluding carboxylic acids is 1. The second-order valence-electron chi connectivity index (χ2n) is 5.07. The highest BCUT2D eigenvalue weighted by atomic mass is 31.3. The molecule has 0 bridgehead atoms. The highest BCUT2D eigenvalue weighted by Crippen LogP contribution is 2.72. The number of rotatable bonds is 13. The number of aldehydes is 1. The summed E-state index contributed by atoms with van der Waals surface area (Å²) in [4.78, 5) is 68.6. The highest BCUT2D eigenvalue weighted by molar-refractivity contribution is 7.71. The fraction of sp³-hybridized carbons (Fsp3) is 0.833. The Hall–Kier alpha value is 0.180. The van der Waals surface area contributed by atoms with E-state index in [-0.39, 0.29) is 6.29 Å². The first-order valence-electron chi connectivity index (χ1n) is 7.10. The summed E-state index contributed by atoms with van der Waals surface area (Å²) in [6.07, 6.45) is -6.84. The molecule has 33 heavy (non-hydrogen) atoms. The molecule has 0 aromatic heterocycles. The standard InChI is InChI=1S/C6H12O6.H7O16P5/c7-1-3(9)5(11)6(12)4(10)2-8;1-17(2,3)13-19(7,8)15-21(11,12)16-20(9,10)14-18(4,5)6/h1,3-6,8-12H,2H2;(H,7,8)(H,9,10)(H,11,12)(H2,1,2,3)(H2,4,5,6). The predicted molar refractivity (Wildman–Crippen MR) is 95.1 cm³/mol. The molecule has 0 spiro atoms. The Balaban J connectivity index is 0. The van der Waals surface area contributed by atoms with Crippen LogP contribution in [0.4, 0.5) is 0 Å². The Morgan fingerprint density at radius 3 is 1.15 bits per heavy atom. The smallest absolute Gasteiger partial charge is 0.394 e. The van der Waals surface area contributed by atoms with E-state index < -0.39 is 70.1 Å². The van der Waals surface area contributed by atoms with Crippen molar-refractivity contribution in [2.24, 2.45) is 0 Å². The largest absolute Gasteiger partial charge is 0.490 e. The van der Waals surface area contributed by atoms with Crippen molar-refractivity contribution in [3.8, 4) is 0 Å². The molecule has 6 unspecified atom stereocenters. The van der Waals surface area contributed by atoms with E-state index in [4.69, 9.17) is 59.8 Å². The van der Waals surface area contributed by atoms with Crippen LogP contribution < -0.4 is 0 Å². The molecule has 200 valence electrons. The molecule has 22 nitrogen and oxygen atoms in total. The molecule has 0 fully saturated rings. The van der Waals surface area contributed by atoms with Gasteiger partial charge in [0.25, 0.3) is 0 Å². The van der Waals surface area contributed by atoms with Gasteiger partial charge in [0, 0.05) is 0 Å². The van der Waals surface area contributed by atoms with Gasteiger partial charge in [-0.2, -0.15) is 17.2 Å². The summed E-state index contributed by atoms with van der Waals surface area (Å²) in [6.45, 7) is -0.760. The van der Waals surface area contributed by atoms with Crippen LogP contribution in [-0.2, 0) is 44.9 Å². The van der Waals surface area contributed by atoms with E-state index in [1.165, 1.54) is 0 Å². The maximum absolute atomic E-state index is 11.0. The molecule has 0 saturated heterocycles. The van der Waals surface area contributed by atoms with Crippen LogP contribution in [0.5, 0.6) is 0 Å². The van der Waals surface area contributed by atoms with E-state index in [0.29, 0.717) is 0 Å². The Bertz CT molecular complexity index is 805. The number of hydrogen-bond donors (Lipinski definition) is 12. The summed E-state index contributed by atoms with van der Waals surface area (Å²) in [5, 5.41) is 43.5. The minimum Gasteiger partial charge on any atom is -0.394 e. The first kappa shape index (κ1) is 35.3. The Morgan fingerprint density at radius 1 is 0.606 bits per heavy atom. The van der Waals surface area contributed by atoms with Crippen molar-refractivity contribution < 1.29 is 105 Å². The Labute approximate surface area is 181 Å². The van der Waals surface area contributed by atoms with Crippen molar-refractivity contribution in [2.75, 3.05) is 6.61 Å². The fourth-order valence-corrected chi connectivity index (χ4v) is 6.59. The molecule has 0 amide bonds. The van der Waals surface area contributed by atoms with E-state index in [9.17, 15) is 27.6 Å². The van der Waals surface area contributed by atoms with Gasteiger partial charge < -0.3 is 64.6 Å². The van der Waals surface area contributed by atoms with Crippen molar-refractivity contribution >= 4 is 45.4 Å². The first-order valence-corrected chi connectivity index (χ1v) is 14.6. The molecule has 0 aliphatic carbocycles. The monoisotopic (exact) mass is 598 g/mol. The summed E-state index contributed by atoms with van der Waals surface area (Å²) < 4.78 is 65.6. The van der Waals surface area contributed by atoms with Gasteiger partial charge in [0.1, 0.15) is 24.4 Å². The third-order valence-corrected chi connectivity index (χ3v) is 8.91. The summed E-state index contributed by atoms with van der Waals surface area (Å²) in [7, 11) is -29.3. The van der Waals surface area contributed by atoms with Gasteiger partial charge in [0.15, 0.2) is 6.29 Å². The molecule has 6 atom stereocenters. The van der Waals surface area contributed by atoms with Crippen molar-refractivity contribution in [3.05, 3.63) is 0 Å². The van der Waals surface area contributed by atoms with Crippen LogP contribution >= 0.6 is 39.1 Å². The number of carbonyl (C=O) groups is 1. The van der Waals surface area contributed by atoms with E-state index >= 15 is 0 Å². The number of aliphatic hydroxyl groups excluding tert-OH is 5. The molecule has 0 saturated carbocycles. The summed E-state index contributed by atoms with van der Waals surface area (Å²) in [5.41, 5.74) is 0. The molecule has 0 heterocycles. The lowest BCUT2D eigenvalue weighted by molar-refractivity contribution is -0.136. The van der Waals surface area contributed by atoms with E-state index in [2.05, 4.69) is 17.2 Å². The second kappa shape index (κ2) is 13.5. The molecular weight excluding hydrogens is 579 g/mol. The predicted octanol–water partition coefficient (Wildman–Crippen LogP) is -3.84. The molecule has 12 N–H and O–H groups in total. The Morgan fingerprint density at radius 2 is 0.909 bits per heavy atom. The van der Waals surface area contributed by atoms with Gasteiger partial charge in [-0.1, -0.05) is 0 Å². The highest BCUT2D eigenvalue weighted by Gasteiger charge is 2.46. The van der Waals surface area contributed by atoms with E-state index in [0.717, 1.165) is 0 Å². The maximum atomic E-state index is 11.0. The van der Waals surface area contributed by atoms with Crippen molar-refractivity contribution in [3.63, 3.8) is 0 Å². The molecule has 0 aliphatic heterocycles. The molecule has 27 heteroatoms.